The summed E-state index contributed by atoms with van der Waals surface area (Å²) >= 11 is 0. The van der Waals surface area contributed by atoms with Gasteiger partial charge in [0.2, 0.25) is 0 Å². The van der Waals surface area contributed by atoms with Crippen LogP contribution in [0.1, 0.15) is 64.0 Å². The Hall–Kier alpha value is -1.68. The Morgan fingerprint density at radius 3 is 1.73 bits per heavy atom. The van der Waals surface area contributed by atoms with Gasteiger partial charge in [0.1, 0.15) is 13.6 Å². The van der Waals surface area contributed by atoms with Gasteiger partial charge in [-0.2, -0.15) is 26.3 Å². The van der Waals surface area contributed by atoms with Crippen LogP contribution in [-0.4, -0.2) is 37.7 Å². The van der Waals surface area contributed by atoms with Crippen molar-refractivity contribution in [1.29, 1.82) is 0 Å². The predicted molar refractivity (Wildman–Crippen MR) is 109 cm³/mol. The van der Waals surface area contributed by atoms with E-state index in [1.54, 1.807) is 0 Å². The predicted octanol–water partition coefficient (Wildman–Crippen LogP) is 4.55. The van der Waals surface area contributed by atoms with Crippen LogP contribution in [0.25, 0.3) is 10.2 Å². The van der Waals surface area contributed by atoms with Crippen LogP contribution in [0, 0.1) is 0 Å². The number of hydrogen-bond acceptors (Lipinski definition) is 5. The average Bonchev–Trinajstić information content (AvgIpc) is 3.01. The molecule has 194 valence electrons. The van der Waals surface area contributed by atoms with Crippen molar-refractivity contribution in [3.8, 4) is 0 Å². The number of alkyl halides is 6. The molecule has 1 aromatic heterocycles. The number of sulfonamides is 2. The Balaban J connectivity index is 0.000000633. The standard InChI is InChI=1S/C15H28N3.C2F6NO4S2/c1-4-6-7-8-9-10-11-12-13-18-14-15(5-2)17(3)16-18;3-1(4,5)14(10,11)9-15(12,13)2(6,7)8/h5,14H,2,4,6-13H2,1,3H3;/q+1;-1. The molecule has 0 radical (unpaired) electrons. The fourth-order valence-electron chi connectivity index (χ4n) is 2.40. The van der Waals surface area contributed by atoms with Gasteiger partial charge in [-0.05, 0) is 18.9 Å². The summed E-state index contributed by atoms with van der Waals surface area (Å²) in [7, 11) is -11.5. The summed E-state index contributed by atoms with van der Waals surface area (Å²) in [6, 6.07) is 0. The van der Waals surface area contributed by atoms with Crippen LogP contribution in [0.5, 0.6) is 0 Å². The van der Waals surface area contributed by atoms with Gasteiger partial charge in [-0.25, -0.2) is 16.8 Å². The highest BCUT2D eigenvalue weighted by Gasteiger charge is 2.46. The number of aromatic nitrogens is 3. The van der Waals surface area contributed by atoms with Crippen molar-refractivity contribution >= 4 is 26.1 Å². The first kappa shape index (κ1) is 31.3. The van der Waals surface area contributed by atoms with E-state index in [1.165, 1.54) is 51.4 Å². The lowest BCUT2D eigenvalue weighted by Gasteiger charge is -2.22. The molecule has 0 aliphatic heterocycles. The van der Waals surface area contributed by atoms with E-state index in [9.17, 15) is 43.2 Å². The smallest absolute Gasteiger partial charge is 0.421 e. The fraction of sp³-hybridized carbons (Fsp3) is 0.765. The van der Waals surface area contributed by atoms with E-state index in [-0.39, 0.29) is 0 Å². The van der Waals surface area contributed by atoms with Crippen molar-refractivity contribution in [2.24, 2.45) is 7.05 Å². The maximum atomic E-state index is 11.4. The van der Waals surface area contributed by atoms with Crippen LogP contribution >= 0.6 is 0 Å². The Bertz CT molecular complexity index is 900. The molecule has 0 N–H and O–H groups in total. The first-order valence-corrected chi connectivity index (χ1v) is 12.8. The minimum absolute atomic E-state index is 0.778. The first-order chi connectivity index (χ1) is 15.0. The van der Waals surface area contributed by atoms with Gasteiger partial charge in [0.05, 0.1) is 5.21 Å². The van der Waals surface area contributed by atoms with Gasteiger partial charge >= 0.3 is 11.0 Å². The average molecular weight is 531 g/mol. The summed E-state index contributed by atoms with van der Waals surface area (Å²) in [6.45, 7) is 7.07. The minimum atomic E-state index is -6.72. The van der Waals surface area contributed by atoms with Gasteiger partial charge in [0, 0.05) is 0 Å². The van der Waals surface area contributed by atoms with Gasteiger partial charge in [-0.15, -0.1) is 9.36 Å². The molecule has 0 aliphatic rings. The molecule has 16 heteroatoms. The molecule has 1 heterocycles. The second-order valence-electron chi connectivity index (χ2n) is 6.93. The number of halogens is 6. The van der Waals surface area contributed by atoms with Gasteiger partial charge < -0.3 is 4.13 Å². The highest BCUT2D eigenvalue weighted by atomic mass is 32.3. The maximum Gasteiger partial charge on any atom is 0.480 e. The number of aryl methyl sites for hydroxylation is 2. The number of unbranched alkanes of at least 4 members (excludes halogenated alkanes) is 7. The third kappa shape index (κ3) is 11.3. The topological polar surface area (TPSA) is 104 Å². The Labute approximate surface area is 189 Å². The molecule has 1 aromatic rings. The lowest BCUT2D eigenvalue weighted by molar-refractivity contribution is -0.755. The van der Waals surface area contributed by atoms with Crippen LogP contribution < -0.4 is 4.68 Å². The molecule has 1 rings (SSSR count). The molecular formula is C17H28F6N4O4S2. The van der Waals surface area contributed by atoms with Gasteiger partial charge in [-0.3, -0.25) is 0 Å². The second kappa shape index (κ2) is 13.3. The normalized spacial score (nSPS) is 12.8. The van der Waals surface area contributed by atoms with E-state index in [1.807, 2.05) is 22.5 Å². The van der Waals surface area contributed by atoms with E-state index < -0.39 is 31.1 Å². The molecule has 0 bridgehead atoms. The molecule has 0 amide bonds. The summed E-state index contributed by atoms with van der Waals surface area (Å²) in [5, 5.41) is 4.40. The molecule has 0 saturated carbocycles. The molecule has 0 aromatic carbocycles. The minimum Gasteiger partial charge on any atom is -0.421 e. The van der Waals surface area contributed by atoms with Gasteiger partial charge in [-0.1, -0.05) is 52.0 Å². The largest absolute Gasteiger partial charge is 0.480 e. The van der Waals surface area contributed by atoms with Crippen molar-refractivity contribution in [3.63, 3.8) is 0 Å². The molecule has 0 fully saturated rings. The monoisotopic (exact) mass is 530 g/mol. The van der Waals surface area contributed by atoms with Crippen LogP contribution in [0.2, 0.25) is 0 Å². The summed E-state index contributed by atoms with van der Waals surface area (Å²) < 4.78 is 113. The number of rotatable bonds is 12. The highest BCUT2D eigenvalue weighted by molar-refractivity contribution is 8.13. The molecule has 33 heavy (non-hydrogen) atoms. The van der Waals surface area contributed by atoms with Crippen molar-refractivity contribution < 1.29 is 47.9 Å². The van der Waals surface area contributed by atoms with E-state index in [4.69, 9.17) is 0 Å². The van der Waals surface area contributed by atoms with E-state index >= 15 is 0 Å². The zero-order chi connectivity index (χ0) is 25.9. The molecule has 0 unspecified atom stereocenters. The Kier molecular flexibility index (Phi) is 12.6. The SMILES string of the molecule is C=Cc1c[n+](CCCCCCCCCC)nn1C.O=S(=O)([N-]S(=O)(=O)C(F)(F)F)C(F)(F)F. The molecule has 8 nitrogen and oxygen atoms in total. The van der Waals surface area contributed by atoms with Crippen molar-refractivity contribution in [2.75, 3.05) is 0 Å². The highest BCUT2D eigenvalue weighted by Crippen LogP contribution is 2.36. The summed E-state index contributed by atoms with van der Waals surface area (Å²) in [5.41, 5.74) is -11.3. The summed E-state index contributed by atoms with van der Waals surface area (Å²) in [6.07, 6.45) is 14.8. The second-order valence-corrected chi connectivity index (χ2v) is 10.3. The molecule has 0 saturated heterocycles. The van der Waals surface area contributed by atoms with Gasteiger partial charge in [0.25, 0.3) is 0 Å². The summed E-state index contributed by atoms with van der Waals surface area (Å²) in [5.74, 6) is 0. The van der Waals surface area contributed by atoms with E-state index in [0.29, 0.717) is 0 Å². The van der Waals surface area contributed by atoms with Crippen LogP contribution in [0.3, 0.4) is 0 Å². The number of hydrogen-bond donors (Lipinski definition) is 0. The van der Waals surface area contributed by atoms with Crippen molar-refractivity contribution in [1.82, 2.24) is 9.90 Å². The van der Waals surface area contributed by atoms with Crippen molar-refractivity contribution in [2.45, 2.75) is 75.9 Å². The third-order valence-corrected chi connectivity index (χ3v) is 6.88. The maximum absolute atomic E-state index is 11.4. The molecular weight excluding hydrogens is 502 g/mol. The lowest BCUT2D eigenvalue weighted by Crippen LogP contribution is -2.35. The fourth-order valence-corrected chi connectivity index (χ4v) is 4.11. The summed E-state index contributed by atoms with van der Waals surface area (Å²) in [4.78, 5) is 0. The quantitative estimate of drug-likeness (QED) is 0.224. The molecule has 0 aliphatic carbocycles. The zero-order valence-corrected chi connectivity index (χ0v) is 19.9. The van der Waals surface area contributed by atoms with Crippen LogP contribution in [-0.2, 0) is 33.6 Å². The Morgan fingerprint density at radius 1 is 0.939 bits per heavy atom. The molecule has 0 spiro atoms. The van der Waals surface area contributed by atoms with Gasteiger partial charge in [0.15, 0.2) is 31.9 Å². The van der Waals surface area contributed by atoms with E-state index in [2.05, 4.69) is 24.9 Å². The Morgan fingerprint density at radius 2 is 1.36 bits per heavy atom. The number of nitrogens with zero attached hydrogens (tertiary/aromatic N) is 4. The zero-order valence-electron chi connectivity index (χ0n) is 18.2. The first-order valence-electron chi connectivity index (χ1n) is 9.91. The molecule has 0 atom stereocenters. The van der Waals surface area contributed by atoms with Crippen LogP contribution in [0.15, 0.2) is 12.8 Å². The third-order valence-electron chi connectivity index (χ3n) is 4.14. The van der Waals surface area contributed by atoms with Crippen molar-refractivity contribution in [3.05, 3.63) is 22.6 Å². The lowest BCUT2D eigenvalue weighted by atomic mass is 10.1. The van der Waals surface area contributed by atoms with E-state index in [0.717, 1.165) is 16.4 Å². The van der Waals surface area contributed by atoms with Crippen LogP contribution in [0.4, 0.5) is 26.3 Å².